The number of hydrogen-bond donors (Lipinski definition) is 1. The number of carbonyl (C=O) groups excluding carboxylic acids is 1. The maximum absolute atomic E-state index is 12.6. The van der Waals surface area contributed by atoms with Crippen LogP contribution >= 0.6 is 0 Å². The molecule has 2 aromatic rings. The quantitative estimate of drug-likeness (QED) is 0.880. The number of aromatic amines is 1. The average Bonchev–Trinajstić information content (AvgIpc) is 3.20. The minimum Gasteiger partial charge on any atom is -0.356 e. The molecule has 0 spiro atoms. The molecule has 1 N–H and O–H groups in total. The van der Waals surface area contributed by atoms with Crippen LogP contribution in [0.5, 0.6) is 0 Å². The lowest BCUT2D eigenvalue weighted by atomic mass is 10.0. The van der Waals surface area contributed by atoms with E-state index in [-0.39, 0.29) is 17.2 Å². The summed E-state index contributed by atoms with van der Waals surface area (Å²) in [6.45, 7) is 7.39. The number of likely N-dealkylation sites (tertiary alicyclic amines) is 1. The maximum atomic E-state index is 12.6. The molecule has 0 radical (unpaired) electrons. The van der Waals surface area contributed by atoms with E-state index in [0.717, 1.165) is 24.6 Å². The van der Waals surface area contributed by atoms with Crippen molar-refractivity contribution in [1.82, 2.24) is 24.8 Å². The second kappa shape index (κ2) is 6.51. The van der Waals surface area contributed by atoms with Crippen LogP contribution in [0.2, 0.25) is 0 Å². The predicted molar refractivity (Wildman–Crippen MR) is 96.1 cm³/mol. The molecule has 2 aliphatic heterocycles. The summed E-state index contributed by atoms with van der Waals surface area (Å²) < 4.78 is 0. The van der Waals surface area contributed by atoms with Gasteiger partial charge in [0.1, 0.15) is 17.8 Å². The summed E-state index contributed by atoms with van der Waals surface area (Å²) in [5, 5.41) is 0. The van der Waals surface area contributed by atoms with Gasteiger partial charge in [-0.25, -0.2) is 15.0 Å². The molecule has 2 fully saturated rings. The number of H-pyrrole nitrogens is 1. The van der Waals surface area contributed by atoms with Gasteiger partial charge in [-0.1, -0.05) is 13.8 Å². The summed E-state index contributed by atoms with van der Waals surface area (Å²) >= 11 is 0. The second-order valence-corrected chi connectivity index (χ2v) is 7.39. The lowest BCUT2D eigenvalue weighted by molar-refractivity contribution is 0.0776. The van der Waals surface area contributed by atoms with Crippen molar-refractivity contribution in [2.45, 2.75) is 19.8 Å². The van der Waals surface area contributed by atoms with Gasteiger partial charge in [-0.05, 0) is 5.92 Å². The number of fused-ring (bicyclic) bond motifs is 1. The minimum absolute atomic E-state index is 0.166. The molecule has 8 nitrogen and oxygen atoms in total. The van der Waals surface area contributed by atoms with E-state index in [1.807, 2.05) is 4.90 Å². The number of rotatable bonds is 3. The fourth-order valence-corrected chi connectivity index (χ4v) is 3.84. The summed E-state index contributed by atoms with van der Waals surface area (Å²) in [6.07, 6.45) is 2.91. The average molecular weight is 354 g/mol. The van der Waals surface area contributed by atoms with E-state index < -0.39 is 0 Å². The van der Waals surface area contributed by atoms with Crippen molar-refractivity contribution in [3.05, 3.63) is 46.5 Å². The summed E-state index contributed by atoms with van der Waals surface area (Å²) in [5.41, 5.74) is 0.950. The predicted octanol–water partition coefficient (Wildman–Crippen LogP) is 0.892. The lowest BCUT2D eigenvalue weighted by Crippen LogP contribution is -2.34. The van der Waals surface area contributed by atoms with E-state index in [1.165, 1.54) is 12.4 Å². The molecule has 136 valence electrons. The molecule has 2 saturated heterocycles. The molecule has 4 heterocycles. The Balaban J connectivity index is 1.43. The normalized spacial score (nSPS) is 22.1. The van der Waals surface area contributed by atoms with Crippen LogP contribution in [0, 0.1) is 11.8 Å². The highest BCUT2D eigenvalue weighted by Gasteiger charge is 2.42. The summed E-state index contributed by atoms with van der Waals surface area (Å²) in [6, 6.07) is 3.33. The third-order valence-electron chi connectivity index (χ3n) is 5.26. The van der Waals surface area contributed by atoms with Crippen LogP contribution in [0.3, 0.4) is 0 Å². The first-order valence-electron chi connectivity index (χ1n) is 8.92. The number of anilines is 1. The van der Waals surface area contributed by atoms with E-state index in [2.05, 4.69) is 44.7 Å². The van der Waals surface area contributed by atoms with Crippen molar-refractivity contribution < 1.29 is 4.79 Å². The van der Waals surface area contributed by atoms with Gasteiger partial charge in [0.2, 0.25) is 0 Å². The molecule has 0 saturated carbocycles. The third kappa shape index (κ3) is 3.07. The van der Waals surface area contributed by atoms with E-state index >= 15 is 0 Å². The molecule has 0 aromatic carbocycles. The van der Waals surface area contributed by atoms with E-state index in [4.69, 9.17) is 0 Å². The largest absolute Gasteiger partial charge is 0.356 e. The Hall–Kier alpha value is -2.77. The van der Waals surface area contributed by atoms with E-state index in [1.54, 1.807) is 6.33 Å². The van der Waals surface area contributed by atoms with Crippen LogP contribution in [-0.4, -0.2) is 56.9 Å². The summed E-state index contributed by atoms with van der Waals surface area (Å²) in [5.74, 6) is 2.00. The van der Waals surface area contributed by atoms with E-state index in [0.29, 0.717) is 30.8 Å². The monoisotopic (exact) mass is 354 g/mol. The van der Waals surface area contributed by atoms with Gasteiger partial charge >= 0.3 is 0 Å². The Kier molecular flexibility index (Phi) is 4.18. The molecular formula is C18H22N6O2. The zero-order valence-electron chi connectivity index (χ0n) is 14.9. The smallest absolute Gasteiger partial charge is 0.272 e. The molecule has 2 aromatic heterocycles. The van der Waals surface area contributed by atoms with Crippen molar-refractivity contribution in [2.24, 2.45) is 11.8 Å². The molecule has 2 unspecified atom stereocenters. The van der Waals surface area contributed by atoms with Crippen LogP contribution in [0.15, 0.2) is 29.6 Å². The molecule has 0 bridgehead atoms. The minimum atomic E-state index is -0.307. The van der Waals surface area contributed by atoms with Gasteiger partial charge in [0.05, 0.1) is 6.33 Å². The van der Waals surface area contributed by atoms with Crippen LogP contribution in [0.25, 0.3) is 0 Å². The van der Waals surface area contributed by atoms with Gasteiger partial charge in [-0.3, -0.25) is 9.59 Å². The topological polar surface area (TPSA) is 95.1 Å². The number of carbonyl (C=O) groups is 1. The summed E-state index contributed by atoms with van der Waals surface area (Å²) in [4.78, 5) is 43.3. The van der Waals surface area contributed by atoms with Crippen LogP contribution < -0.4 is 10.5 Å². The fraction of sp³-hybridized carbons (Fsp3) is 0.500. The van der Waals surface area contributed by atoms with Crippen LogP contribution in [-0.2, 0) is 0 Å². The number of nitrogens with one attached hydrogen (secondary N) is 1. The maximum Gasteiger partial charge on any atom is 0.272 e. The highest BCUT2D eigenvalue weighted by atomic mass is 16.2. The van der Waals surface area contributed by atoms with Crippen molar-refractivity contribution >= 4 is 11.7 Å². The number of aromatic nitrogens is 4. The number of hydrogen-bond acceptors (Lipinski definition) is 6. The Morgan fingerprint density at radius 1 is 1.12 bits per heavy atom. The first kappa shape index (κ1) is 16.7. The van der Waals surface area contributed by atoms with Crippen molar-refractivity contribution in [2.75, 3.05) is 31.1 Å². The molecule has 26 heavy (non-hydrogen) atoms. The number of nitrogens with zero attached hydrogens (tertiary/aromatic N) is 5. The highest BCUT2D eigenvalue weighted by Crippen LogP contribution is 2.34. The van der Waals surface area contributed by atoms with Gasteiger partial charge in [0, 0.05) is 55.8 Å². The van der Waals surface area contributed by atoms with Crippen molar-refractivity contribution in [3.8, 4) is 0 Å². The van der Waals surface area contributed by atoms with E-state index in [9.17, 15) is 9.59 Å². The van der Waals surface area contributed by atoms with Gasteiger partial charge in [-0.15, -0.1) is 0 Å². The molecule has 4 rings (SSSR count). The first-order chi connectivity index (χ1) is 12.5. The molecule has 1 amide bonds. The van der Waals surface area contributed by atoms with Crippen molar-refractivity contribution in [3.63, 3.8) is 0 Å². The zero-order chi connectivity index (χ0) is 18.3. The molecule has 8 heteroatoms. The fourth-order valence-electron chi connectivity index (χ4n) is 3.84. The van der Waals surface area contributed by atoms with Gasteiger partial charge in [0.15, 0.2) is 0 Å². The molecule has 2 atom stereocenters. The first-order valence-corrected chi connectivity index (χ1v) is 8.92. The zero-order valence-corrected chi connectivity index (χ0v) is 14.9. The molecule has 2 aliphatic rings. The Labute approximate surface area is 151 Å². The van der Waals surface area contributed by atoms with Crippen LogP contribution in [0.4, 0.5) is 5.82 Å². The molecular weight excluding hydrogens is 332 g/mol. The third-order valence-corrected chi connectivity index (χ3v) is 5.26. The van der Waals surface area contributed by atoms with Gasteiger partial charge in [0.25, 0.3) is 11.5 Å². The number of amides is 1. The SMILES string of the molecule is CC(C)c1cc(N2CC3CN(C(=O)c4cc(=O)[nH]cn4)CC3C2)ncn1. The van der Waals surface area contributed by atoms with Crippen LogP contribution in [0.1, 0.15) is 35.9 Å². The Morgan fingerprint density at radius 3 is 2.50 bits per heavy atom. The summed E-state index contributed by atoms with van der Waals surface area (Å²) in [7, 11) is 0. The Bertz CT molecular complexity index is 866. The van der Waals surface area contributed by atoms with Gasteiger partial charge in [-0.2, -0.15) is 0 Å². The molecule has 0 aliphatic carbocycles. The standard InChI is InChI=1S/C18H22N6O2/c1-11(2)14-3-16(21-9-19-14)23-5-12-7-24(8-13(12)6-23)18(26)15-4-17(25)22-10-20-15/h3-4,9-13H,5-8H2,1-2H3,(H,20,22,25). The highest BCUT2D eigenvalue weighted by molar-refractivity contribution is 5.92. The lowest BCUT2D eigenvalue weighted by Gasteiger charge is -2.22. The second-order valence-electron chi connectivity index (χ2n) is 7.39. The Morgan fingerprint density at radius 2 is 1.85 bits per heavy atom. The van der Waals surface area contributed by atoms with Crippen molar-refractivity contribution in [1.29, 1.82) is 0 Å². The van der Waals surface area contributed by atoms with Gasteiger partial charge < -0.3 is 14.8 Å².